The standard InChI is InChI=1S/C23H22F3N3O/c24-23(25,26)30-19-5-2-16(3-6-19)18-10-22(11-18)13-29(14-22)21-8-4-17-9-15(12-27)1-7-20(17)28-21/h1-9,18H,10-14,27H2. The van der Waals surface area contributed by atoms with E-state index in [1.54, 1.807) is 12.1 Å². The number of hydrogen-bond donors (Lipinski definition) is 1. The van der Waals surface area contributed by atoms with Crippen molar-refractivity contribution < 1.29 is 17.9 Å². The lowest BCUT2D eigenvalue weighted by Gasteiger charge is -2.59. The van der Waals surface area contributed by atoms with Crippen molar-refractivity contribution in [1.82, 2.24) is 4.98 Å². The van der Waals surface area contributed by atoms with Gasteiger partial charge in [-0.3, -0.25) is 0 Å². The van der Waals surface area contributed by atoms with E-state index in [2.05, 4.69) is 27.8 Å². The molecular weight excluding hydrogens is 391 g/mol. The number of anilines is 1. The van der Waals surface area contributed by atoms with Crippen LogP contribution in [0.2, 0.25) is 0 Å². The van der Waals surface area contributed by atoms with Gasteiger partial charge in [0.1, 0.15) is 11.6 Å². The van der Waals surface area contributed by atoms with E-state index in [9.17, 15) is 13.2 Å². The second-order valence-corrected chi connectivity index (χ2v) is 8.48. The van der Waals surface area contributed by atoms with E-state index in [0.717, 1.165) is 53.8 Å². The third kappa shape index (κ3) is 3.58. The van der Waals surface area contributed by atoms with Crippen LogP contribution in [0.1, 0.15) is 29.9 Å². The molecule has 2 N–H and O–H groups in total. The number of pyridine rings is 1. The maximum atomic E-state index is 12.3. The van der Waals surface area contributed by atoms with E-state index >= 15 is 0 Å². The highest BCUT2D eigenvalue weighted by Gasteiger charge is 2.52. The van der Waals surface area contributed by atoms with Crippen LogP contribution >= 0.6 is 0 Å². The van der Waals surface area contributed by atoms with E-state index in [1.807, 2.05) is 12.1 Å². The fraction of sp³-hybridized carbons (Fsp3) is 0.348. The molecule has 156 valence electrons. The van der Waals surface area contributed by atoms with Crippen LogP contribution in [0.15, 0.2) is 54.6 Å². The Morgan fingerprint density at radius 1 is 1.03 bits per heavy atom. The van der Waals surface area contributed by atoms with Gasteiger partial charge in [0.05, 0.1) is 5.52 Å². The molecule has 1 spiro atoms. The monoisotopic (exact) mass is 413 g/mol. The molecule has 4 nitrogen and oxygen atoms in total. The van der Waals surface area contributed by atoms with E-state index in [4.69, 9.17) is 10.7 Å². The first-order valence-electron chi connectivity index (χ1n) is 10.0. The van der Waals surface area contributed by atoms with Gasteiger partial charge >= 0.3 is 6.36 Å². The Morgan fingerprint density at radius 2 is 1.77 bits per heavy atom. The summed E-state index contributed by atoms with van der Waals surface area (Å²) in [4.78, 5) is 7.09. The van der Waals surface area contributed by atoms with Crippen molar-refractivity contribution >= 4 is 16.7 Å². The first kappa shape index (κ1) is 19.2. The number of hydrogen-bond acceptors (Lipinski definition) is 4. The largest absolute Gasteiger partial charge is 0.573 e. The Hall–Kier alpha value is -2.80. The summed E-state index contributed by atoms with van der Waals surface area (Å²) in [7, 11) is 0. The summed E-state index contributed by atoms with van der Waals surface area (Å²) < 4.78 is 40.8. The summed E-state index contributed by atoms with van der Waals surface area (Å²) in [6, 6.07) is 16.5. The molecule has 2 fully saturated rings. The van der Waals surface area contributed by atoms with Gasteiger partial charge < -0.3 is 15.4 Å². The number of alkyl halides is 3. The first-order valence-corrected chi connectivity index (χ1v) is 10.0. The highest BCUT2D eigenvalue weighted by molar-refractivity contribution is 5.81. The van der Waals surface area contributed by atoms with Crippen molar-refractivity contribution in [3.8, 4) is 5.75 Å². The zero-order valence-electron chi connectivity index (χ0n) is 16.3. The minimum absolute atomic E-state index is 0.170. The normalized spacial score (nSPS) is 18.3. The molecule has 0 radical (unpaired) electrons. The van der Waals surface area contributed by atoms with Crippen LogP contribution in [-0.4, -0.2) is 24.4 Å². The van der Waals surface area contributed by atoms with Gasteiger partial charge in [0, 0.05) is 30.4 Å². The van der Waals surface area contributed by atoms with Gasteiger partial charge in [0.2, 0.25) is 0 Å². The van der Waals surface area contributed by atoms with E-state index < -0.39 is 6.36 Å². The smallest absolute Gasteiger partial charge is 0.406 e. The van der Waals surface area contributed by atoms with Crippen molar-refractivity contribution in [1.29, 1.82) is 0 Å². The summed E-state index contributed by atoms with van der Waals surface area (Å²) in [6.07, 6.45) is -2.55. The molecule has 0 amide bonds. The van der Waals surface area contributed by atoms with E-state index in [-0.39, 0.29) is 5.75 Å². The summed E-state index contributed by atoms with van der Waals surface area (Å²) in [5, 5.41) is 1.10. The highest BCUT2D eigenvalue weighted by Crippen LogP contribution is 2.56. The van der Waals surface area contributed by atoms with Crippen molar-refractivity contribution in [3.63, 3.8) is 0 Å². The zero-order valence-corrected chi connectivity index (χ0v) is 16.3. The van der Waals surface area contributed by atoms with Crippen molar-refractivity contribution in [2.45, 2.75) is 31.7 Å². The number of nitrogens with zero attached hydrogens (tertiary/aromatic N) is 2. The Balaban J connectivity index is 1.19. The molecule has 30 heavy (non-hydrogen) atoms. The molecule has 5 rings (SSSR count). The minimum Gasteiger partial charge on any atom is -0.406 e. The molecule has 1 aromatic heterocycles. The molecule has 1 aliphatic carbocycles. The van der Waals surface area contributed by atoms with Crippen molar-refractivity contribution in [2.24, 2.45) is 11.1 Å². The lowest BCUT2D eigenvalue weighted by atomic mass is 9.56. The molecule has 2 aliphatic rings. The summed E-state index contributed by atoms with van der Waals surface area (Å²) in [5.74, 6) is 1.22. The average molecular weight is 413 g/mol. The van der Waals surface area contributed by atoms with Crippen LogP contribution < -0.4 is 15.4 Å². The average Bonchev–Trinajstić information content (AvgIpc) is 2.65. The summed E-state index contributed by atoms with van der Waals surface area (Å²) in [6.45, 7) is 2.46. The zero-order chi connectivity index (χ0) is 20.9. The van der Waals surface area contributed by atoms with Gasteiger partial charge in [-0.15, -0.1) is 13.2 Å². The molecule has 1 aliphatic heterocycles. The molecule has 1 saturated heterocycles. The number of aromatic nitrogens is 1. The van der Waals surface area contributed by atoms with Gasteiger partial charge in [-0.1, -0.05) is 18.2 Å². The molecule has 2 heterocycles. The van der Waals surface area contributed by atoms with Crippen molar-refractivity contribution in [2.75, 3.05) is 18.0 Å². The van der Waals surface area contributed by atoms with Gasteiger partial charge in [0.25, 0.3) is 0 Å². The summed E-state index contributed by atoms with van der Waals surface area (Å²) >= 11 is 0. The SMILES string of the molecule is NCc1ccc2nc(N3CC4(CC(c5ccc(OC(F)(F)F)cc5)C4)C3)ccc2c1. The van der Waals surface area contributed by atoms with Gasteiger partial charge in [-0.2, -0.15) is 0 Å². The Morgan fingerprint density at radius 3 is 2.43 bits per heavy atom. The first-order chi connectivity index (χ1) is 14.3. The van der Waals surface area contributed by atoms with Crippen LogP contribution in [0.4, 0.5) is 19.0 Å². The number of fused-ring (bicyclic) bond motifs is 1. The molecule has 3 aromatic rings. The number of halogens is 3. The van der Waals surface area contributed by atoms with Gasteiger partial charge in [-0.25, -0.2) is 4.98 Å². The quantitative estimate of drug-likeness (QED) is 0.656. The minimum atomic E-state index is -4.65. The molecule has 2 aromatic carbocycles. The van der Waals surface area contributed by atoms with Gasteiger partial charge in [-0.05, 0) is 66.3 Å². The van der Waals surface area contributed by atoms with Crippen LogP contribution in [-0.2, 0) is 6.54 Å². The molecule has 0 unspecified atom stereocenters. The van der Waals surface area contributed by atoms with Gasteiger partial charge in [0.15, 0.2) is 0 Å². The van der Waals surface area contributed by atoms with Crippen LogP contribution in [0.3, 0.4) is 0 Å². The number of ether oxygens (including phenoxy) is 1. The number of benzene rings is 2. The molecule has 7 heteroatoms. The second-order valence-electron chi connectivity index (χ2n) is 8.48. The lowest BCUT2D eigenvalue weighted by Crippen LogP contribution is -2.62. The summed E-state index contributed by atoms with van der Waals surface area (Å²) in [5.41, 5.74) is 9.15. The number of nitrogens with two attached hydrogens (primary N) is 1. The maximum Gasteiger partial charge on any atom is 0.573 e. The fourth-order valence-corrected chi connectivity index (χ4v) is 4.81. The third-order valence-electron chi connectivity index (χ3n) is 6.30. The predicted molar refractivity (Wildman–Crippen MR) is 109 cm³/mol. The Kier molecular flexibility index (Phi) is 4.39. The third-order valence-corrected chi connectivity index (χ3v) is 6.30. The topological polar surface area (TPSA) is 51.4 Å². The number of rotatable bonds is 4. The molecule has 0 bridgehead atoms. The predicted octanol–water partition coefficient (Wildman–Crippen LogP) is 4.98. The van der Waals surface area contributed by atoms with E-state index in [0.29, 0.717) is 17.9 Å². The van der Waals surface area contributed by atoms with E-state index in [1.165, 1.54) is 12.1 Å². The molecular formula is C23H22F3N3O. The lowest BCUT2D eigenvalue weighted by molar-refractivity contribution is -0.274. The highest BCUT2D eigenvalue weighted by atomic mass is 19.4. The van der Waals surface area contributed by atoms with Crippen LogP contribution in [0.25, 0.3) is 10.9 Å². The fourth-order valence-electron chi connectivity index (χ4n) is 4.81. The Labute approximate surface area is 172 Å². The Bertz CT molecular complexity index is 1070. The second kappa shape index (κ2) is 6.87. The van der Waals surface area contributed by atoms with Crippen LogP contribution in [0.5, 0.6) is 5.75 Å². The molecule has 0 atom stereocenters. The molecule has 1 saturated carbocycles. The maximum absolute atomic E-state index is 12.3. The van der Waals surface area contributed by atoms with Crippen LogP contribution in [0, 0.1) is 5.41 Å². The van der Waals surface area contributed by atoms with Crippen molar-refractivity contribution in [3.05, 3.63) is 65.7 Å².